The van der Waals surface area contributed by atoms with Gasteiger partial charge < -0.3 is 5.73 Å². The van der Waals surface area contributed by atoms with Crippen LogP contribution in [0.4, 0.5) is 5.82 Å². The van der Waals surface area contributed by atoms with Gasteiger partial charge >= 0.3 is 0 Å². The molecule has 0 spiro atoms. The van der Waals surface area contributed by atoms with Crippen LogP contribution in [-0.2, 0) is 10.0 Å². The highest BCUT2D eigenvalue weighted by Crippen LogP contribution is 2.08. The average molecular weight is 243 g/mol. The molecule has 0 aliphatic heterocycles. The van der Waals surface area contributed by atoms with E-state index in [4.69, 9.17) is 5.73 Å². The van der Waals surface area contributed by atoms with Crippen LogP contribution in [0.1, 0.15) is 26.2 Å². The molecule has 5 nitrogen and oxygen atoms in total. The van der Waals surface area contributed by atoms with Crippen molar-refractivity contribution in [2.75, 3.05) is 12.3 Å². The zero-order chi connectivity index (χ0) is 12.0. The summed E-state index contributed by atoms with van der Waals surface area (Å²) in [7, 11) is -3.43. The molecule has 16 heavy (non-hydrogen) atoms. The summed E-state index contributed by atoms with van der Waals surface area (Å²) in [5.74, 6) is 0.310. The van der Waals surface area contributed by atoms with Gasteiger partial charge in [0.1, 0.15) is 10.7 Å². The number of sulfonamides is 1. The van der Waals surface area contributed by atoms with Crippen molar-refractivity contribution in [3.63, 3.8) is 0 Å². The molecule has 90 valence electrons. The third-order valence-corrected chi connectivity index (χ3v) is 3.59. The summed E-state index contributed by atoms with van der Waals surface area (Å²) < 4.78 is 26.0. The monoisotopic (exact) mass is 243 g/mol. The molecule has 0 aromatic carbocycles. The van der Waals surface area contributed by atoms with E-state index in [2.05, 4.69) is 16.6 Å². The van der Waals surface area contributed by atoms with Gasteiger partial charge in [-0.25, -0.2) is 18.1 Å². The average Bonchev–Trinajstić information content (AvgIpc) is 2.25. The lowest BCUT2D eigenvalue weighted by Gasteiger charge is -2.05. The molecule has 1 rings (SSSR count). The van der Waals surface area contributed by atoms with Gasteiger partial charge in [0.05, 0.1) is 0 Å². The van der Waals surface area contributed by atoms with Gasteiger partial charge in [0.2, 0.25) is 10.0 Å². The first-order valence-electron chi connectivity index (χ1n) is 5.27. The molecular weight excluding hydrogens is 226 g/mol. The van der Waals surface area contributed by atoms with Crippen LogP contribution >= 0.6 is 0 Å². The van der Waals surface area contributed by atoms with Gasteiger partial charge in [0, 0.05) is 12.7 Å². The Balaban J connectivity index is 2.60. The Labute approximate surface area is 96.1 Å². The van der Waals surface area contributed by atoms with Crippen molar-refractivity contribution in [1.29, 1.82) is 0 Å². The first-order chi connectivity index (χ1) is 7.56. The topological polar surface area (TPSA) is 85.1 Å². The highest BCUT2D eigenvalue weighted by atomic mass is 32.2. The molecule has 0 aliphatic carbocycles. The van der Waals surface area contributed by atoms with Crippen LogP contribution in [0.3, 0.4) is 0 Å². The fraction of sp³-hybridized carbons (Fsp3) is 0.500. The fourth-order valence-corrected chi connectivity index (χ4v) is 2.23. The van der Waals surface area contributed by atoms with Gasteiger partial charge in [0.25, 0.3) is 0 Å². The third-order valence-electron chi connectivity index (χ3n) is 2.14. The van der Waals surface area contributed by atoms with Crippen molar-refractivity contribution in [1.82, 2.24) is 9.71 Å². The number of nitrogens with one attached hydrogen (secondary N) is 1. The minimum atomic E-state index is -3.43. The molecule has 0 saturated carbocycles. The van der Waals surface area contributed by atoms with Crippen molar-refractivity contribution in [2.24, 2.45) is 0 Å². The number of hydrogen-bond donors (Lipinski definition) is 2. The number of anilines is 1. The van der Waals surface area contributed by atoms with E-state index >= 15 is 0 Å². The summed E-state index contributed by atoms with van der Waals surface area (Å²) in [6, 6.07) is 2.92. The zero-order valence-corrected chi connectivity index (χ0v) is 10.1. The number of hydrogen-bond acceptors (Lipinski definition) is 4. The van der Waals surface area contributed by atoms with E-state index in [1.54, 1.807) is 0 Å². The Kier molecular flexibility index (Phi) is 4.70. The molecule has 0 atom stereocenters. The smallest absolute Gasteiger partial charge is 0.242 e. The van der Waals surface area contributed by atoms with E-state index in [1.807, 2.05) is 0 Å². The minimum Gasteiger partial charge on any atom is -0.384 e. The van der Waals surface area contributed by atoms with Gasteiger partial charge in [-0.05, 0) is 18.6 Å². The number of unbranched alkanes of at least 4 members (excludes halogenated alkanes) is 2. The highest BCUT2D eigenvalue weighted by Gasteiger charge is 2.12. The van der Waals surface area contributed by atoms with Crippen LogP contribution in [0.15, 0.2) is 23.2 Å². The largest absolute Gasteiger partial charge is 0.384 e. The second kappa shape index (κ2) is 5.81. The number of nitrogens with two attached hydrogens (primary N) is 1. The van der Waals surface area contributed by atoms with Crippen LogP contribution in [0.25, 0.3) is 0 Å². The highest BCUT2D eigenvalue weighted by molar-refractivity contribution is 7.89. The molecule has 6 heteroatoms. The summed E-state index contributed by atoms with van der Waals surface area (Å²) in [4.78, 5) is 3.90. The van der Waals surface area contributed by atoms with Crippen molar-refractivity contribution in [3.8, 4) is 0 Å². The molecule has 0 aliphatic rings. The van der Waals surface area contributed by atoms with Crippen molar-refractivity contribution < 1.29 is 8.42 Å². The van der Waals surface area contributed by atoms with Crippen molar-refractivity contribution >= 4 is 15.8 Å². The van der Waals surface area contributed by atoms with Crippen molar-refractivity contribution in [3.05, 3.63) is 18.3 Å². The van der Waals surface area contributed by atoms with E-state index in [0.29, 0.717) is 12.4 Å². The standard InChI is InChI=1S/C10H17N3O2S/c1-2-3-4-7-13-16(14,15)9-5-6-10(11)12-8-9/h5-6,8,13H,2-4,7H2,1H3,(H2,11,12). The normalized spacial score (nSPS) is 11.6. The number of pyridine rings is 1. The fourth-order valence-electron chi connectivity index (χ4n) is 1.22. The van der Waals surface area contributed by atoms with E-state index in [1.165, 1.54) is 18.3 Å². The maximum Gasteiger partial charge on any atom is 0.242 e. The summed E-state index contributed by atoms with van der Waals surface area (Å²) >= 11 is 0. The summed E-state index contributed by atoms with van der Waals surface area (Å²) in [6.45, 7) is 2.53. The molecule has 1 aromatic heterocycles. The lowest BCUT2D eigenvalue weighted by atomic mass is 10.3. The molecule has 0 bridgehead atoms. The van der Waals surface area contributed by atoms with Crippen LogP contribution in [0, 0.1) is 0 Å². The Morgan fingerprint density at radius 2 is 2.12 bits per heavy atom. The van der Waals surface area contributed by atoms with Crippen LogP contribution < -0.4 is 10.5 Å². The van der Waals surface area contributed by atoms with Crippen LogP contribution in [-0.4, -0.2) is 19.9 Å². The number of aromatic nitrogens is 1. The van der Waals surface area contributed by atoms with Gasteiger partial charge in [0.15, 0.2) is 0 Å². The van der Waals surface area contributed by atoms with Crippen LogP contribution in [0.5, 0.6) is 0 Å². The molecule has 0 fully saturated rings. The first kappa shape index (κ1) is 12.9. The lowest BCUT2D eigenvalue weighted by molar-refractivity contribution is 0.575. The SMILES string of the molecule is CCCCCNS(=O)(=O)c1ccc(N)nc1. The van der Waals surface area contributed by atoms with Gasteiger partial charge in [-0.3, -0.25) is 0 Å². The second-order valence-corrected chi connectivity index (χ2v) is 5.29. The van der Waals surface area contributed by atoms with Gasteiger partial charge in [-0.15, -0.1) is 0 Å². The molecule has 3 N–H and O–H groups in total. The Morgan fingerprint density at radius 1 is 1.38 bits per heavy atom. The molecule has 0 amide bonds. The number of nitrogen functional groups attached to an aromatic ring is 1. The molecule has 1 aromatic rings. The van der Waals surface area contributed by atoms with Crippen LogP contribution in [0.2, 0.25) is 0 Å². The predicted molar refractivity (Wildman–Crippen MR) is 63.4 cm³/mol. The van der Waals surface area contributed by atoms with E-state index in [0.717, 1.165) is 19.3 Å². The van der Waals surface area contributed by atoms with E-state index < -0.39 is 10.0 Å². The molecular formula is C10H17N3O2S. The maximum absolute atomic E-state index is 11.7. The zero-order valence-electron chi connectivity index (χ0n) is 9.31. The predicted octanol–water partition coefficient (Wildman–Crippen LogP) is 1.13. The molecule has 0 unspecified atom stereocenters. The van der Waals surface area contributed by atoms with Gasteiger partial charge in [-0.2, -0.15) is 0 Å². The number of rotatable bonds is 6. The lowest BCUT2D eigenvalue weighted by Crippen LogP contribution is -2.24. The molecule has 1 heterocycles. The van der Waals surface area contributed by atoms with Crippen molar-refractivity contribution in [2.45, 2.75) is 31.1 Å². The quantitative estimate of drug-likeness (QED) is 0.733. The Hall–Kier alpha value is -1.14. The Bertz CT molecular complexity index is 414. The first-order valence-corrected chi connectivity index (χ1v) is 6.76. The van der Waals surface area contributed by atoms with E-state index in [9.17, 15) is 8.42 Å². The van der Waals surface area contributed by atoms with Gasteiger partial charge in [-0.1, -0.05) is 19.8 Å². The summed E-state index contributed by atoms with van der Waals surface area (Å²) in [6.07, 6.45) is 4.18. The minimum absolute atomic E-state index is 0.151. The summed E-state index contributed by atoms with van der Waals surface area (Å²) in [5.41, 5.74) is 5.38. The summed E-state index contributed by atoms with van der Waals surface area (Å²) in [5, 5.41) is 0. The number of nitrogens with zero attached hydrogens (tertiary/aromatic N) is 1. The van der Waals surface area contributed by atoms with E-state index in [-0.39, 0.29) is 4.90 Å². The Morgan fingerprint density at radius 3 is 2.69 bits per heavy atom. The third kappa shape index (κ3) is 3.79. The molecule has 0 radical (unpaired) electrons. The second-order valence-electron chi connectivity index (χ2n) is 3.52. The maximum atomic E-state index is 11.7. The molecule has 0 saturated heterocycles.